The fraction of sp³-hybridized carbons (Fsp3) is 0.0682. The minimum absolute atomic E-state index is 0.00907. The van der Waals surface area contributed by atoms with Crippen LogP contribution < -0.4 is 20.7 Å². The highest BCUT2D eigenvalue weighted by atomic mass is 32.2. The number of rotatable bonds is 13. The standard InChI is InChI=1S/C44H34F3N3O4S/c45-44(46,47)37-18-10-11-19-38(37)49-43(53)40(32-14-6-2-7-15-32)55-36-26-22-34(23-27-36)48-42(52)39(50-41(51)33-16-8-3-9-17-33)28-30-20-24-35(25-21-30)54-29-31-12-4-1-5-13-31/h1-28,40H,29H2,(H,48,52)(H,49,53)(H,50,51)/b39-28-. The molecule has 0 bridgehead atoms. The lowest BCUT2D eigenvalue weighted by Gasteiger charge is -2.19. The number of ether oxygens (including phenoxy) is 1. The number of thioether (sulfide) groups is 1. The molecule has 0 heterocycles. The minimum atomic E-state index is -4.65. The van der Waals surface area contributed by atoms with Gasteiger partial charge < -0.3 is 20.7 Å². The third kappa shape index (κ3) is 10.7. The van der Waals surface area contributed by atoms with E-state index >= 15 is 0 Å². The van der Waals surface area contributed by atoms with Crippen molar-refractivity contribution in [1.29, 1.82) is 0 Å². The molecular weight excluding hydrogens is 724 g/mol. The molecule has 11 heteroatoms. The molecule has 3 N–H and O–H groups in total. The average molecular weight is 758 g/mol. The summed E-state index contributed by atoms with van der Waals surface area (Å²) in [6.45, 7) is 0.394. The van der Waals surface area contributed by atoms with Gasteiger partial charge in [0.05, 0.1) is 11.3 Å². The Kier molecular flexibility index (Phi) is 12.5. The quantitative estimate of drug-likeness (QED) is 0.0805. The molecule has 1 atom stereocenters. The zero-order valence-corrected chi connectivity index (χ0v) is 29.9. The van der Waals surface area contributed by atoms with Gasteiger partial charge in [-0.2, -0.15) is 13.2 Å². The molecule has 7 nitrogen and oxygen atoms in total. The van der Waals surface area contributed by atoms with Crippen LogP contribution >= 0.6 is 11.8 Å². The second-order valence-corrected chi connectivity index (χ2v) is 13.3. The molecule has 6 rings (SSSR count). The summed E-state index contributed by atoms with van der Waals surface area (Å²) in [5.74, 6) is -1.06. The van der Waals surface area contributed by atoms with Crippen LogP contribution in [-0.4, -0.2) is 17.7 Å². The van der Waals surface area contributed by atoms with E-state index in [9.17, 15) is 27.6 Å². The molecule has 0 fully saturated rings. The number of halogens is 3. The smallest absolute Gasteiger partial charge is 0.418 e. The van der Waals surface area contributed by atoms with E-state index in [1.807, 2.05) is 30.3 Å². The Morgan fingerprint density at radius 2 is 1.27 bits per heavy atom. The maximum absolute atomic E-state index is 13.7. The first-order valence-electron chi connectivity index (χ1n) is 17.1. The first kappa shape index (κ1) is 38.1. The van der Waals surface area contributed by atoms with Crippen molar-refractivity contribution in [2.45, 2.75) is 22.9 Å². The fourth-order valence-corrected chi connectivity index (χ4v) is 6.42. The van der Waals surface area contributed by atoms with Crippen molar-refractivity contribution in [2.75, 3.05) is 10.6 Å². The van der Waals surface area contributed by atoms with Crippen LogP contribution in [0.5, 0.6) is 5.75 Å². The van der Waals surface area contributed by atoms with Gasteiger partial charge in [0.1, 0.15) is 23.3 Å². The van der Waals surface area contributed by atoms with Crippen LogP contribution in [0.15, 0.2) is 174 Å². The average Bonchev–Trinajstić information content (AvgIpc) is 3.20. The topological polar surface area (TPSA) is 96.5 Å². The molecule has 0 radical (unpaired) electrons. The maximum Gasteiger partial charge on any atom is 0.418 e. The van der Waals surface area contributed by atoms with Gasteiger partial charge >= 0.3 is 6.18 Å². The van der Waals surface area contributed by atoms with E-state index in [4.69, 9.17) is 4.74 Å². The second kappa shape index (κ2) is 18.0. The highest BCUT2D eigenvalue weighted by Crippen LogP contribution is 2.39. The molecule has 6 aromatic rings. The molecular formula is C44H34F3N3O4S. The van der Waals surface area contributed by atoms with Gasteiger partial charge in [0, 0.05) is 16.1 Å². The lowest BCUT2D eigenvalue weighted by atomic mass is 10.1. The highest BCUT2D eigenvalue weighted by Gasteiger charge is 2.34. The molecule has 1 unspecified atom stereocenters. The number of amides is 3. The van der Waals surface area contributed by atoms with Crippen LogP contribution in [-0.2, 0) is 22.4 Å². The van der Waals surface area contributed by atoms with Crippen molar-refractivity contribution >= 4 is 46.9 Å². The van der Waals surface area contributed by atoms with Crippen molar-refractivity contribution in [2.24, 2.45) is 0 Å². The van der Waals surface area contributed by atoms with Crippen LogP contribution in [0.25, 0.3) is 6.08 Å². The molecule has 6 aromatic carbocycles. The van der Waals surface area contributed by atoms with Crippen LogP contribution in [0.2, 0.25) is 0 Å². The van der Waals surface area contributed by atoms with Crippen molar-refractivity contribution in [3.05, 3.63) is 197 Å². The van der Waals surface area contributed by atoms with Gasteiger partial charge in [-0.25, -0.2) is 0 Å². The van der Waals surface area contributed by atoms with E-state index in [1.165, 1.54) is 18.2 Å². The molecule has 0 saturated carbocycles. The van der Waals surface area contributed by atoms with Gasteiger partial charge in [-0.15, -0.1) is 11.8 Å². The maximum atomic E-state index is 13.7. The van der Waals surface area contributed by atoms with E-state index in [1.54, 1.807) is 115 Å². The Morgan fingerprint density at radius 1 is 0.673 bits per heavy atom. The lowest BCUT2D eigenvalue weighted by Crippen LogP contribution is -2.30. The summed E-state index contributed by atoms with van der Waals surface area (Å²) in [5, 5.41) is 7.10. The number of nitrogens with one attached hydrogen (secondary N) is 3. The third-order valence-electron chi connectivity index (χ3n) is 8.17. The van der Waals surface area contributed by atoms with Gasteiger partial charge in [0.2, 0.25) is 5.91 Å². The van der Waals surface area contributed by atoms with Gasteiger partial charge in [-0.3, -0.25) is 14.4 Å². The van der Waals surface area contributed by atoms with Gasteiger partial charge in [-0.1, -0.05) is 103 Å². The van der Waals surface area contributed by atoms with Gasteiger partial charge in [0.25, 0.3) is 11.8 Å². The largest absolute Gasteiger partial charge is 0.489 e. The van der Waals surface area contributed by atoms with Crippen molar-refractivity contribution in [1.82, 2.24) is 5.32 Å². The van der Waals surface area contributed by atoms with E-state index in [0.717, 1.165) is 23.4 Å². The number of alkyl halides is 3. The zero-order chi connectivity index (χ0) is 38.6. The number of hydrogen-bond donors (Lipinski definition) is 3. The number of para-hydroxylation sites is 1. The molecule has 0 saturated heterocycles. The molecule has 0 aromatic heterocycles. The van der Waals surface area contributed by atoms with Crippen molar-refractivity contribution < 1.29 is 32.3 Å². The molecule has 0 aliphatic rings. The Morgan fingerprint density at radius 3 is 1.93 bits per heavy atom. The third-order valence-corrected chi connectivity index (χ3v) is 9.43. The highest BCUT2D eigenvalue weighted by molar-refractivity contribution is 8.00. The summed E-state index contributed by atoms with van der Waals surface area (Å²) in [5.41, 5.74) is 1.73. The predicted octanol–water partition coefficient (Wildman–Crippen LogP) is 10.2. The zero-order valence-electron chi connectivity index (χ0n) is 29.1. The predicted molar refractivity (Wildman–Crippen MR) is 209 cm³/mol. The van der Waals surface area contributed by atoms with E-state index in [0.29, 0.717) is 39.6 Å². The van der Waals surface area contributed by atoms with Gasteiger partial charge in [0.15, 0.2) is 0 Å². The summed E-state index contributed by atoms with van der Waals surface area (Å²) < 4.78 is 46.9. The molecule has 3 amide bonds. The van der Waals surface area contributed by atoms with Crippen LogP contribution in [0.4, 0.5) is 24.5 Å². The first-order chi connectivity index (χ1) is 26.6. The first-order valence-corrected chi connectivity index (χ1v) is 18.0. The molecule has 0 spiro atoms. The van der Waals surface area contributed by atoms with Crippen LogP contribution in [0.3, 0.4) is 0 Å². The summed E-state index contributed by atoms with van der Waals surface area (Å²) in [6.07, 6.45) is -3.09. The number of carbonyl (C=O) groups excluding carboxylic acids is 3. The second-order valence-electron chi connectivity index (χ2n) is 12.1. The Hall–Kier alpha value is -6.59. The van der Waals surface area contributed by atoms with E-state index < -0.39 is 34.7 Å². The number of hydrogen-bond acceptors (Lipinski definition) is 5. The molecule has 0 aliphatic carbocycles. The summed E-state index contributed by atoms with van der Waals surface area (Å²) in [4.78, 5) is 40.9. The summed E-state index contributed by atoms with van der Waals surface area (Å²) in [6, 6.07) is 45.5. The summed E-state index contributed by atoms with van der Waals surface area (Å²) in [7, 11) is 0. The van der Waals surface area contributed by atoms with E-state index in [2.05, 4.69) is 16.0 Å². The number of anilines is 2. The Balaban J connectivity index is 1.18. The van der Waals surface area contributed by atoms with Crippen LogP contribution in [0, 0.1) is 0 Å². The summed E-state index contributed by atoms with van der Waals surface area (Å²) >= 11 is 1.14. The van der Waals surface area contributed by atoms with Crippen LogP contribution in [0.1, 0.15) is 37.9 Å². The SMILES string of the molecule is O=C(Nc1ccc(SC(C(=O)Nc2ccccc2C(F)(F)F)c2ccccc2)cc1)/C(=C/c1ccc(OCc2ccccc2)cc1)NC(=O)c1ccccc1. The fourth-order valence-electron chi connectivity index (χ4n) is 5.40. The van der Waals surface area contributed by atoms with E-state index in [-0.39, 0.29) is 11.4 Å². The van der Waals surface area contributed by atoms with Crippen molar-refractivity contribution in [3.63, 3.8) is 0 Å². The lowest BCUT2D eigenvalue weighted by molar-refractivity contribution is -0.137. The van der Waals surface area contributed by atoms with Crippen molar-refractivity contribution in [3.8, 4) is 5.75 Å². The normalized spacial score (nSPS) is 11.9. The number of benzene rings is 6. The molecule has 55 heavy (non-hydrogen) atoms. The Labute approximate surface area is 320 Å². The molecule has 276 valence electrons. The molecule has 0 aliphatic heterocycles. The Bertz CT molecular complexity index is 2250. The monoisotopic (exact) mass is 757 g/mol. The number of carbonyl (C=O) groups is 3. The minimum Gasteiger partial charge on any atom is -0.489 e. The van der Waals surface area contributed by atoms with Gasteiger partial charge in [-0.05, 0) is 83.4 Å².